The lowest BCUT2D eigenvalue weighted by Crippen LogP contribution is -2.19. The highest BCUT2D eigenvalue weighted by Gasteiger charge is 2.30. The SMILES string of the molecule is O=C(O)COCc1nc(C2Cc3ccccc32)no1. The van der Waals surface area contributed by atoms with E-state index in [0.29, 0.717) is 11.7 Å². The van der Waals surface area contributed by atoms with E-state index in [-0.39, 0.29) is 19.1 Å². The minimum absolute atomic E-state index is 0.0215. The lowest BCUT2D eigenvalue weighted by molar-refractivity contribution is -0.142. The number of hydrogen-bond acceptors (Lipinski definition) is 5. The molecule has 1 aromatic heterocycles. The van der Waals surface area contributed by atoms with Crippen molar-refractivity contribution in [1.82, 2.24) is 10.1 Å². The molecule has 0 saturated heterocycles. The molecule has 0 bridgehead atoms. The number of rotatable bonds is 5. The Hall–Kier alpha value is -2.21. The van der Waals surface area contributed by atoms with E-state index in [4.69, 9.17) is 14.4 Å². The molecule has 19 heavy (non-hydrogen) atoms. The minimum Gasteiger partial charge on any atom is -0.480 e. The van der Waals surface area contributed by atoms with Crippen molar-refractivity contribution in [2.75, 3.05) is 6.61 Å². The van der Waals surface area contributed by atoms with Crippen molar-refractivity contribution in [3.63, 3.8) is 0 Å². The van der Waals surface area contributed by atoms with Crippen molar-refractivity contribution in [1.29, 1.82) is 0 Å². The van der Waals surface area contributed by atoms with Crippen LogP contribution in [0.15, 0.2) is 28.8 Å². The van der Waals surface area contributed by atoms with Gasteiger partial charge >= 0.3 is 5.97 Å². The zero-order chi connectivity index (χ0) is 13.2. The third-order valence-electron chi connectivity index (χ3n) is 3.10. The summed E-state index contributed by atoms with van der Waals surface area (Å²) >= 11 is 0. The molecule has 0 amide bonds. The summed E-state index contributed by atoms with van der Waals surface area (Å²) in [5.41, 5.74) is 2.53. The van der Waals surface area contributed by atoms with Crippen LogP contribution in [0.3, 0.4) is 0 Å². The van der Waals surface area contributed by atoms with Crippen LogP contribution < -0.4 is 0 Å². The number of aromatic nitrogens is 2. The molecule has 0 fully saturated rings. The first-order valence-corrected chi connectivity index (χ1v) is 5.94. The molecule has 1 atom stereocenters. The highest BCUT2D eigenvalue weighted by molar-refractivity contribution is 5.67. The van der Waals surface area contributed by atoms with Crippen molar-refractivity contribution >= 4 is 5.97 Å². The highest BCUT2D eigenvalue weighted by Crippen LogP contribution is 2.38. The fourth-order valence-electron chi connectivity index (χ4n) is 2.18. The highest BCUT2D eigenvalue weighted by atomic mass is 16.5. The van der Waals surface area contributed by atoms with E-state index >= 15 is 0 Å². The van der Waals surface area contributed by atoms with Gasteiger partial charge in [0.2, 0.25) is 0 Å². The molecule has 1 aliphatic rings. The van der Waals surface area contributed by atoms with Gasteiger partial charge in [-0.15, -0.1) is 0 Å². The van der Waals surface area contributed by atoms with Crippen LogP contribution in [0.4, 0.5) is 0 Å². The molecule has 1 aromatic carbocycles. The van der Waals surface area contributed by atoms with E-state index in [1.54, 1.807) is 0 Å². The summed E-state index contributed by atoms with van der Waals surface area (Å²) in [5.74, 6) is 0.0917. The van der Waals surface area contributed by atoms with E-state index in [2.05, 4.69) is 22.3 Å². The molecule has 2 aromatic rings. The maximum atomic E-state index is 10.3. The molecule has 0 saturated carbocycles. The summed E-state index contributed by atoms with van der Waals surface area (Å²) < 4.78 is 9.94. The molecular formula is C13H12N2O4. The summed E-state index contributed by atoms with van der Waals surface area (Å²) in [6.07, 6.45) is 0.908. The van der Waals surface area contributed by atoms with E-state index in [1.807, 2.05) is 12.1 Å². The van der Waals surface area contributed by atoms with Crippen molar-refractivity contribution in [2.24, 2.45) is 0 Å². The predicted molar refractivity (Wildman–Crippen MR) is 63.6 cm³/mol. The normalized spacial score (nSPS) is 16.7. The topological polar surface area (TPSA) is 85.5 Å². The summed E-state index contributed by atoms with van der Waals surface area (Å²) in [5, 5.41) is 12.4. The Kier molecular flexibility index (Phi) is 3.00. The van der Waals surface area contributed by atoms with Gasteiger partial charge in [-0.05, 0) is 17.5 Å². The van der Waals surface area contributed by atoms with Crippen LogP contribution in [-0.4, -0.2) is 27.8 Å². The van der Waals surface area contributed by atoms with E-state index < -0.39 is 5.97 Å². The molecule has 3 rings (SSSR count). The molecule has 0 radical (unpaired) electrons. The van der Waals surface area contributed by atoms with Gasteiger partial charge < -0.3 is 14.4 Å². The molecule has 1 N–H and O–H groups in total. The zero-order valence-electron chi connectivity index (χ0n) is 10.1. The summed E-state index contributed by atoms with van der Waals surface area (Å²) in [7, 11) is 0. The van der Waals surface area contributed by atoms with Crippen LogP contribution in [0, 0.1) is 0 Å². The van der Waals surface area contributed by atoms with Gasteiger partial charge in [-0.1, -0.05) is 29.4 Å². The average molecular weight is 260 g/mol. The molecule has 1 heterocycles. The molecule has 0 aliphatic heterocycles. The maximum absolute atomic E-state index is 10.3. The van der Waals surface area contributed by atoms with Crippen LogP contribution >= 0.6 is 0 Å². The summed E-state index contributed by atoms with van der Waals surface area (Å²) in [6.45, 7) is -0.350. The van der Waals surface area contributed by atoms with Crippen LogP contribution in [-0.2, 0) is 22.6 Å². The quantitative estimate of drug-likeness (QED) is 0.873. The van der Waals surface area contributed by atoms with Crippen LogP contribution in [0.1, 0.15) is 28.8 Å². The van der Waals surface area contributed by atoms with Gasteiger partial charge in [0.05, 0.1) is 5.92 Å². The zero-order valence-corrected chi connectivity index (χ0v) is 10.1. The number of carboxylic acids is 1. The first-order chi connectivity index (χ1) is 9.24. The van der Waals surface area contributed by atoms with Gasteiger partial charge in [0, 0.05) is 0 Å². The number of benzene rings is 1. The first-order valence-electron chi connectivity index (χ1n) is 5.94. The molecule has 6 heteroatoms. The number of carboxylic acid groups (broad SMARTS) is 1. The lowest BCUT2D eigenvalue weighted by atomic mass is 9.77. The van der Waals surface area contributed by atoms with Gasteiger partial charge in [-0.2, -0.15) is 4.98 Å². The van der Waals surface area contributed by atoms with Crippen LogP contribution in [0.2, 0.25) is 0 Å². The third-order valence-corrected chi connectivity index (χ3v) is 3.10. The second-order valence-corrected chi connectivity index (χ2v) is 4.39. The Morgan fingerprint density at radius 2 is 2.32 bits per heavy atom. The van der Waals surface area contributed by atoms with E-state index in [0.717, 1.165) is 6.42 Å². The van der Waals surface area contributed by atoms with Gasteiger partial charge in [0.25, 0.3) is 5.89 Å². The van der Waals surface area contributed by atoms with Crippen molar-refractivity contribution < 1.29 is 19.2 Å². The molecule has 0 spiro atoms. The Morgan fingerprint density at radius 3 is 3.11 bits per heavy atom. The van der Waals surface area contributed by atoms with Crippen molar-refractivity contribution in [3.05, 3.63) is 47.1 Å². The predicted octanol–water partition coefficient (Wildman–Crippen LogP) is 1.36. The summed E-state index contributed by atoms with van der Waals surface area (Å²) in [4.78, 5) is 14.5. The number of hydrogen-bond donors (Lipinski definition) is 1. The average Bonchev–Trinajstić information content (AvgIpc) is 2.79. The maximum Gasteiger partial charge on any atom is 0.329 e. The summed E-state index contributed by atoms with van der Waals surface area (Å²) in [6, 6.07) is 8.14. The molecule has 1 aliphatic carbocycles. The van der Waals surface area contributed by atoms with Gasteiger partial charge in [-0.25, -0.2) is 4.79 Å². The van der Waals surface area contributed by atoms with E-state index in [9.17, 15) is 4.79 Å². The van der Waals surface area contributed by atoms with Gasteiger partial charge in [-0.3, -0.25) is 0 Å². The number of ether oxygens (including phenoxy) is 1. The number of nitrogens with zero attached hydrogens (tertiary/aromatic N) is 2. The fraction of sp³-hybridized carbons (Fsp3) is 0.308. The minimum atomic E-state index is -1.02. The Balaban J connectivity index is 1.65. The number of aliphatic carboxylic acids is 1. The van der Waals surface area contributed by atoms with E-state index in [1.165, 1.54) is 11.1 Å². The molecular weight excluding hydrogens is 248 g/mol. The van der Waals surface area contributed by atoms with Crippen LogP contribution in [0.5, 0.6) is 0 Å². The van der Waals surface area contributed by atoms with Gasteiger partial charge in [0.1, 0.15) is 13.2 Å². The van der Waals surface area contributed by atoms with Crippen molar-refractivity contribution in [2.45, 2.75) is 18.9 Å². The molecule has 1 unspecified atom stereocenters. The second kappa shape index (κ2) is 4.81. The monoisotopic (exact) mass is 260 g/mol. The van der Waals surface area contributed by atoms with Gasteiger partial charge in [0.15, 0.2) is 5.82 Å². The standard InChI is InChI=1S/C13H12N2O4/c16-12(17)7-18-6-11-14-13(15-19-11)10-5-8-3-1-2-4-9(8)10/h1-4,10H,5-7H2,(H,16,17). The number of fused-ring (bicyclic) bond motifs is 1. The second-order valence-electron chi connectivity index (χ2n) is 4.39. The Labute approximate surface area is 109 Å². The van der Waals surface area contributed by atoms with Crippen molar-refractivity contribution in [3.8, 4) is 0 Å². The van der Waals surface area contributed by atoms with Crippen LogP contribution in [0.25, 0.3) is 0 Å². The smallest absolute Gasteiger partial charge is 0.329 e. The third kappa shape index (κ3) is 2.34. The number of carbonyl (C=O) groups is 1. The Bertz CT molecular complexity index is 608. The largest absolute Gasteiger partial charge is 0.480 e. The Morgan fingerprint density at radius 1 is 1.47 bits per heavy atom. The molecule has 98 valence electrons. The molecule has 6 nitrogen and oxygen atoms in total. The fourth-order valence-corrected chi connectivity index (χ4v) is 2.18. The lowest BCUT2D eigenvalue weighted by Gasteiger charge is -2.27. The first kappa shape index (κ1) is 11.9.